The predicted molar refractivity (Wildman–Crippen MR) is 115 cm³/mol. The van der Waals surface area contributed by atoms with Gasteiger partial charge in [0.15, 0.2) is 5.15 Å². The van der Waals surface area contributed by atoms with Crippen LogP contribution in [0.3, 0.4) is 0 Å². The van der Waals surface area contributed by atoms with Crippen molar-refractivity contribution in [1.82, 2.24) is 20.0 Å². The molecule has 168 valence electrons. The molecule has 2 aromatic rings. The molecule has 1 aliphatic heterocycles. The van der Waals surface area contributed by atoms with E-state index < -0.39 is 24.4 Å². The quantitative estimate of drug-likeness (QED) is 0.684. The van der Waals surface area contributed by atoms with Crippen LogP contribution < -0.4 is 5.32 Å². The zero-order chi connectivity index (χ0) is 22.7. The lowest BCUT2D eigenvalue weighted by molar-refractivity contribution is -0.139. The van der Waals surface area contributed by atoms with Gasteiger partial charge in [-0.05, 0) is 29.9 Å². The smallest absolute Gasteiger partial charge is 0.262 e. The molecule has 3 rings (SSSR count). The normalized spacial score (nSPS) is 17.4. The van der Waals surface area contributed by atoms with Gasteiger partial charge >= 0.3 is 0 Å². The Labute approximate surface area is 185 Å². The van der Waals surface area contributed by atoms with Gasteiger partial charge in [-0.15, -0.1) is 0 Å². The molecule has 1 aliphatic rings. The van der Waals surface area contributed by atoms with Crippen LogP contribution in [-0.4, -0.2) is 45.5 Å². The second-order valence-electron chi connectivity index (χ2n) is 8.26. The number of rotatable bonds is 7. The van der Waals surface area contributed by atoms with E-state index in [0.717, 1.165) is 11.3 Å². The second-order valence-corrected chi connectivity index (χ2v) is 8.65. The van der Waals surface area contributed by atoms with Crippen LogP contribution in [0.25, 0.3) is 11.3 Å². The Kier molecular flexibility index (Phi) is 7.30. The van der Waals surface area contributed by atoms with Crippen molar-refractivity contribution < 1.29 is 18.4 Å². The fourth-order valence-corrected chi connectivity index (χ4v) is 4.13. The summed E-state index contributed by atoms with van der Waals surface area (Å²) in [7, 11) is 1.74. The van der Waals surface area contributed by atoms with Crippen molar-refractivity contribution >= 4 is 23.4 Å². The first-order chi connectivity index (χ1) is 14.7. The number of hydrogen-bond donors (Lipinski definition) is 1. The summed E-state index contributed by atoms with van der Waals surface area (Å²) in [6.45, 7) is 4.34. The fraction of sp³-hybridized carbons (Fsp3) is 0.500. The van der Waals surface area contributed by atoms with Crippen molar-refractivity contribution in [3.05, 3.63) is 41.0 Å². The first-order valence-electron chi connectivity index (χ1n) is 10.3. The number of amides is 2. The molecule has 1 saturated heterocycles. The van der Waals surface area contributed by atoms with E-state index in [1.165, 1.54) is 4.90 Å². The van der Waals surface area contributed by atoms with Crippen molar-refractivity contribution in [2.24, 2.45) is 13.0 Å². The summed E-state index contributed by atoms with van der Waals surface area (Å²) in [4.78, 5) is 26.8. The van der Waals surface area contributed by atoms with Crippen LogP contribution in [0, 0.1) is 5.92 Å². The minimum atomic E-state index is -2.79. The van der Waals surface area contributed by atoms with Crippen molar-refractivity contribution in [2.45, 2.75) is 51.6 Å². The molecule has 6 nitrogen and oxygen atoms in total. The second kappa shape index (κ2) is 9.77. The number of aryl methyl sites for hydroxylation is 1. The molecule has 1 aromatic carbocycles. The third-order valence-corrected chi connectivity index (χ3v) is 5.61. The molecule has 2 heterocycles. The number of hydrogen-bond acceptors (Lipinski definition) is 3. The zero-order valence-corrected chi connectivity index (χ0v) is 18.6. The highest BCUT2D eigenvalue weighted by Crippen LogP contribution is 2.27. The number of aromatic nitrogens is 2. The highest BCUT2D eigenvalue weighted by atomic mass is 35.5. The van der Waals surface area contributed by atoms with Gasteiger partial charge in [0, 0.05) is 26.1 Å². The van der Waals surface area contributed by atoms with E-state index in [1.807, 2.05) is 13.8 Å². The Bertz CT molecular complexity index is 930. The van der Waals surface area contributed by atoms with E-state index >= 15 is 0 Å². The van der Waals surface area contributed by atoms with Gasteiger partial charge in [-0.2, -0.15) is 5.10 Å². The van der Waals surface area contributed by atoms with E-state index in [0.29, 0.717) is 36.5 Å². The molecule has 31 heavy (non-hydrogen) atoms. The van der Waals surface area contributed by atoms with E-state index in [9.17, 15) is 18.4 Å². The summed E-state index contributed by atoms with van der Waals surface area (Å²) < 4.78 is 29.3. The Balaban J connectivity index is 1.74. The summed E-state index contributed by atoms with van der Waals surface area (Å²) in [5.41, 5.74) is 1.81. The molecule has 9 heteroatoms. The van der Waals surface area contributed by atoms with Crippen molar-refractivity contribution in [2.75, 3.05) is 6.54 Å². The van der Waals surface area contributed by atoms with Crippen LogP contribution in [0.5, 0.6) is 0 Å². The van der Waals surface area contributed by atoms with E-state index in [-0.39, 0.29) is 11.8 Å². The van der Waals surface area contributed by atoms with Crippen molar-refractivity contribution in [3.63, 3.8) is 0 Å². The summed E-state index contributed by atoms with van der Waals surface area (Å²) in [6, 6.07) is 6.03. The Morgan fingerprint density at radius 3 is 2.48 bits per heavy atom. The third-order valence-electron chi connectivity index (χ3n) is 5.42. The van der Waals surface area contributed by atoms with Crippen LogP contribution in [0.2, 0.25) is 5.15 Å². The maximum atomic E-state index is 13.8. The molecule has 2 atom stereocenters. The Hall–Kier alpha value is -2.48. The minimum absolute atomic E-state index is 0.111. The molecule has 0 aliphatic carbocycles. The number of carbonyl (C=O) groups is 2. The monoisotopic (exact) mass is 452 g/mol. The molecule has 2 unspecified atom stereocenters. The molecule has 1 fully saturated rings. The summed E-state index contributed by atoms with van der Waals surface area (Å²) >= 11 is 5.91. The molecule has 0 bridgehead atoms. The average molecular weight is 453 g/mol. The van der Waals surface area contributed by atoms with Crippen LogP contribution in [0.1, 0.15) is 44.7 Å². The first-order valence-corrected chi connectivity index (χ1v) is 10.7. The van der Waals surface area contributed by atoms with Crippen molar-refractivity contribution in [3.8, 4) is 11.3 Å². The SMILES string of the molecule is CC(C)CC(=O)N1CCCC1C(=O)NC(c1ccc(-c2cc(Cl)nn2C)cc1)C(F)F. The van der Waals surface area contributed by atoms with Crippen molar-refractivity contribution in [1.29, 1.82) is 0 Å². The van der Waals surface area contributed by atoms with Crippen LogP contribution in [-0.2, 0) is 16.6 Å². The number of carbonyl (C=O) groups excluding carboxylic acids is 2. The van der Waals surface area contributed by atoms with Crippen LogP contribution >= 0.6 is 11.6 Å². The largest absolute Gasteiger partial charge is 0.342 e. The Morgan fingerprint density at radius 1 is 1.26 bits per heavy atom. The van der Waals surface area contributed by atoms with Gasteiger partial charge in [0.05, 0.1) is 5.69 Å². The van der Waals surface area contributed by atoms with E-state index in [2.05, 4.69) is 10.4 Å². The molecular formula is C22H27ClF2N4O2. The minimum Gasteiger partial charge on any atom is -0.342 e. The highest BCUT2D eigenvalue weighted by Gasteiger charge is 2.36. The average Bonchev–Trinajstić information content (AvgIpc) is 3.32. The van der Waals surface area contributed by atoms with E-state index in [4.69, 9.17) is 11.6 Å². The molecule has 1 N–H and O–H groups in total. The number of nitrogens with one attached hydrogen (secondary N) is 1. The topological polar surface area (TPSA) is 67.2 Å². The highest BCUT2D eigenvalue weighted by molar-refractivity contribution is 6.29. The van der Waals surface area contributed by atoms with Gasteiger partial charge in [-0.3, -0.25) is 14.3 Å². The summed E-state index contributed by atoms with van der Waals surface area (Å²) in [5.74, 6) is -0.485. The predicted octanol–water partition coefficient (Wildman–Crippen LogP) is 4.20. The summed E-state index contributed by atoms with van der Waals surface area (Å²) in [6.07, 6.45) is -1.29. The maximum absolute atomic E-state index is 13.8. The van der Waals surface area contributed by atoms with Gasteiger partial charge in [0.25, 0.3) is 6.43 Å². The van der Waals surface area contributed by atoms with Gasteiger partial charge < -0.3 is 10.2 Å². The lowest BCUT2D eigenvalue weighted by Crippen LogP contribution is -2.48. The van der Waals surface area contributed by atoms with E-state index in [1.54, 1.807) is 42.1 Å². The van der Waals surface area contributed by atoms with Gasteiger partial charge in [0.2, 0.25) is 11.8 Å². The van der Waals surface area contributed by atoms with Crippen LogP contribution in [0.15, 0.2) is 30.3 Å². The molecule has 0 saturated carbocycles. The number of halogens is 3. The Morgan fingerprint density at radius 2 is 1.94 bits per heavy atom. The maximum Gasteiger partial charge on any atom is 0.262 e. The molecule has 0 spiro atoms. The number of likely N-dealkylation sites (tertiary alicyclic amines) is 1. The number of nitrogens with zero attached hydrogens (tertiary/aromatic N) is 3. The summed E-state index contributed by atoms with van der Waals surface area (Å²) in [5, 5.41) is 6.87. The number of alkyl halides is 2. The molecule has 1 aromatic heterocycles. The van der Waals surface area contributed by atoms with Gasteiger partial charge in [0.1, 0.15) is 12.1 Å². The van der Waals surface area contributed by atoms with Gasteiger partial charge in [-0.1, -0.05) is 49.7 Å². The standard InChI is InChI=1S/C22H27ClF2N4O2/c1-13(2)11-19(30)29-10-4-5-16(29)22(31)26-20(21(24)25)15-8-6-14(7-9-15)17-12-18(23)27-28(17)3/h6-9,12-13,16,20-21H,4-5,10-11H2,1-3H3,(H,26,31). The molecular weight excluding hydrogens is 426 g/mol. The molecule has 0 radical (unpaired) electrons. The lowest BCUT2D eigenvalue weighted by Gasteiger charge is -2.27. The first kappa shape index (κ1) is 23.2. The lowest BCUT2D eigenvalue weighted by atomic mass is 10.0. The van der Waals surface area contributed by atoms with Gasteiger partial charge in [-0.25, -0.2) is 8.78 Å². The zero-order valence-electron chi connectivity index (χ0n) is 17.8. The third kappa shape index (κ3) is 5.42. The molecule has 2 amide bonds. The number of benzene rings is 1. The fourth-order valence-electron chi connectivity index (χ4n) is 3.91. The van der Waals surface area contributed by atoms with Crippen LogP contribution in [0.4, 0.5) is 8.78 Å².